The first-order valence-electron chi connectivity index (χ1n) is 9.51. The van der Waals surface area contributed by atoms with Crippen molar-refractivity contribution in [3.63, 3.8) is 0 Å². The van der Waals surface area contributed by atoms with Gasteiger partial charge in [0.25, 0.3) is 5.91 Å². The van der Waals surface area contributed by atoms with Crippen LogP contribution < -0.4 is 20.2 Å². The molecular weight excluding hydrogens is 548 g/mol. The maximum Gasteiger partial charge on any atom is 0.259 e. The molecule has 2 N–H and O–H groups in total. The van der Waals surface area contributed by atoms with Crippen LogP contribution in [0.2, 0.25) is 5.02 Å². The van der Waals surface area contributed by atoms with E-state index >= 15 is 0 Å². The van der Waals surface area contributed by atoms with Crippen molar-refractivity contribution in [2.75, 3.05) is 19.0 Å². The number of carbonyl (C=O) groups excluding carboxylic acids is 1. The lowest BCUT2D eigenvalue weighted by Gasteiger charge is -2.14. The molecule has 0 unspecified atom stereocenters. The Morgan fingerprint density at radius 2 is 1.94 bits per heavy atom. The van der Waals surface area contributed by atoms with Gasteiger partial charge in [-0.1, -0.05) is 29.8 Å². The number of ether oxygens (including phenoxy) is 2. The second-order valence-corrected chi connectivity index (χ2v) is 8.14. The maximum absolute atomic E-state index is 12.9. The molecule has 0 aliphatic rings. The largest absolute Gasteiger partial charge is 0.493 e. The average molecular weight is 568 g/mol. The van der Waals surface area contributed by atoms with E-state index in [0.29, 0.717) is 28.8 Å². The van der Waals surface area contributed by atoms with Crippen LogP contribution in [-0.4, -0.2) is 25.8 Å². The predicted molar refractivity (Wildman–Crippen MR) is 132 cm³/mol. The van der Waals surface area contributed by atoms with Crippen molar-refractivity contribution in [1.29, 1.82) is 0 Å². The van der Waals surface area contributed by atoms with Gasteiger partial charge in [-0.2, -0.15) is 5.10 Å². The van der Waals surface area contributed by atoms with Crippen molar-refractivity contribution in [3.05, 3.63) is 86.2 Å². The van der Waals surface area contributed by atoms with Gasteiger partial charge in [-0.05, 0) is 70.6 Å². The summed E-state index contributed by atoms with van der Waals surface area (Å²) in [7, 11) is 1.55. The smallest absolute Gasteiger partial charge is 0.259 e. The zero-order valence-corrected chi connectivity index (χ0v) is 20.0. The standard InChI is InChI=1S/C23H20ClFIN3O3/c1-31-21-11-15(10-20(26)23(21)32-14-16-4-2-3-5-19(16)24)12-28-29-22(30)13-27-18-8-6-17(25)7-9-18/h2-12,27H,13-14H2,1H3,(H,29,30)/b28-12-. The summed E-state index contributed by atoms with van der Waals surface area (Å²) in [6.07, 6.45) is 1.51. The highest BCUT2D eigenvalue weighted by molar-refractivity contribution is 14.1. The summed E-state index contributed by atoms with van der Waals surface area (Å²) >= 11 is 8.34. The summed E-state index contributed by atoms with van der Waals surface area (Å²) in [5, 5.41) is 7.50. The number of anilines is 1. The van der Waals surface area contributed by atoms with Gasteiger partial charge in [0, 0.05) is 16.3 Å². The van der Waals surface area contributed by atoms with E-state index in [1.807, 2.05) is 30.3 Å². The molecule has 166 valence electrons. The number of halogens is 3. The molecule has 0 bridgehead atoms. The summed E-state index contributed by atoms with van der Waals surface area (Å²) in [6, 6.07) is 16.8. The molecule has 6 nitrogen and oxygen atoms in total. The first-order chi connectivity index (χ1) is 15.5. The Balaban J connectivity index is 1.58. The number of hydrazone groups is 1. The number of rotatable bonds is 9. The fourth-order valence-corrected chi connectivity index (χ4v) is 3.66. The molecular formula is C23H20ClFIN3O3. The normalized spacial score (nSPS) is 10.8. The second-order valence-electron chi connectivity index (χ2n) is 6.57. The highest BCUT2D eigenvalue weighted by Gasteiger charge is 2.12. The summed E-state index contributed by atoms with van der Waals surface area (Å²) in [6.45, 7) is 0.301. The van der Waals surface area contributed by atoms with Crippen LogP contribution in [0.3, 0.4) is 0 Å². The van der Waals surface area contributed by atoms with Crippen LogP contribution in [0.5, 0.6) is 11.5 Å². The van der Waals surface area contributed by atoms with Gasteiger partial charge in [0.1, 0.15) is 12.4 Å². The summed E-state index contributed by atoms with van der Waals surface area (Å²) < 4.78 is 25.1. The zero-order valence-electron chi connectivity index (χ0n) is 17.1. The van der Waals surface area contributed by atoms with Crippen LogP contribution in [0.25, 0.3) is 0 Å². The first kappa shape index (κ1) is 23.8. The van der Waals surface area contributed by atoms with E-state index in [9.17, 15) is 9.18 Å². The van der Waals surface area contributed by atoms with Crippen LogP contribution in [0.1, 0.15) is 11.1 Å². The molecule has 0 aliphatic carbocycles. The molecule has 0 atom stereocenters. The van der Waals surface area contributed by atoms with Crippen molar-refractivity contribution in [2.24, 2.45) is 5.10 Å². The van der Waals surface area contributed by atoms with E-state index in [0.717, 1.165) is 14.7 Å². The van der Waals surface area contributed by atoms with Gasteiger partial charge in [0.2, 0.25) is 0 Å². The van der Waals surface area contributed by atoms with Gasteiger partial charge in [0.05, 0.1) is 23.4 Å². The molecule has 3 rings (SSSR count). The monoisotopic (exact) mass is 567 g/mol. The minimum absolute atomic E-state index is 0.00134. The lowest BCUT2D eigenvalue weighted by molar-refractivity contribution is -0.119. The van der Waals surface area contributed by atoms with E-state index in [-0.39, 0.29) is 18.3 Å². The van der Waals surface area contributed by atoms with E-state index in [1.165, 1.54) is 18.3 Å². The quantitative estimate of drug-likeness (QED) is 0.211. The summed E-state index contributed by atoms with van der Waals surface area (Å²) in [5.41, 5.74) is 4.67. The number of methoxy groups -OCH3 is 1. The number of hydrogen-bond donors (Lipinski definition) is 2. The molecule has 1 amide bonds. The molecule has 0 heterocycles. The van der Waals surface area contributed by atoms with Crippen molar-refractivity contribution < 1.29 is 18.7 Å². The topological polar surface area (TPSA) is 72.0 Å². The summed E-state index contributed by atoms with van der Waals surface area (Å²) in [5.74, 6) is 0.453. The Morgan fingerprint density at radius 1 is 1.19 bits per heavy atom. The summed E-state index contributed by atoms with van der Waals surface area (Å²) in [4.78, 5) is 11.9. The van der Waals surface area contributed by atoms with Crippen LogP contribution in [0.4, 0.5) is 10.1 Å². The van der Waals surface area contributed by atoms with Gasteiger partial charge < -0.3 is 14.8 Å². The molecule has 0 aliphatic heterocycles. The minimum atomic E-state index is -0.341. The molecule has 0 saturated heterocycles. The van der Waals surface area contributed by atoms with Crippen molar-refractivity contribution >= 4 is 52.0 Å². The number of hydrogen-bond acceptors (Lipinski definition) is 5. The lowest BCUT2D eigenvalue weighted by atomic mass is 10.2. The fourth-order valence-electron chi connectivity index (χ4n) is 2.69. The van der Waals surface area contributed by atoms with Crippen LogP contribution in [-0.2, 0) is 11.4 Å². The van der Waals surface area contributed by atoms with Crippen molar-refractivity contribution in [2.45, 2.75) is 6.61 Å². The molecule has 3 aromatic carbocycles. The molecule has 3 aromatic rings. The zero-order chi connectivity index (χ0) is 22.9. The highest BCUT2D eigenvalue weighted by atomic mass is 127. The Labute approximate surface area is 203 Å². The Kier molecular flexibility index (Phi) is 8.69. The van der Waals surface area contributed by atoms with Gasteiger partial charge in [-0.25, -0.2) is 9.82 Å². The third-order valence-corrected chi connectivity index (χ3v) is 5.45. The highest BCUT2D eigenvalue weighted by Crippen LogP contribution is 2.34. The molecule has 9 heteroatoms. The van der Waals surface area contributed by atoms with E-state index in [2.05, 4.69) is 38.4 Å². The van der Waals surface area contributed by atoms with E-state index < -0.39 is 0 Å². The Hall–Kier alpha value is -2.85. The number of carbonyl (C=O) groups is 1. The molecule has 0 saturated carbocycles. The number of nitrogens with one attached hydrogen (secondary N) is 2. The number of amides is 1. The van der Waals surface area contributed by atoms with Crippen LogP contribution >= 0.6 is 34.2 Å². The van der Waals surface area contributed by atoms with Crippen molar-refractivity contribution in [1.82, 2.24) is 5.43 Å². The SMILES string of the molecule is COc1cc(/C=N\NC(=O)CNc2ccc(F)cc2)cc(I)c1OCc1ccccc1Cl. The number of nitrogens with zero attached hydrogens (tertiary/aromatic N) is 1. The molecule has 0 radical (unpaired) electrons. The Bertz CT molecular complexity index is 1110. The Morgan fingerprint density at radius 3 is 2.66 bits per heavy atom. The lowest BCUT2D eigenvalue weighted by Crippen LogP contribution is -2.25. The third kappa shape index (κ3) is 6.83. The number of benzene rings is 3. The molecule has 32 heavy (non-hydrogen) atoms. The van der Waals surface area contributed by atoms with E-state index in [1.54, 1.807) is 25.3 Å². The van der Waals surface area contributed by atoms with Gasteiger partial charge in [0.15, 0.2) is 11.5 Å². The van der Waals surface area contributed by atoms with Crippen LogP contribution in [0.15, 0.2) is 65.8 Å². The first-order valence-corrected chi connectivity index (χ1v) is 11.0. The van der Waals surface area contributed by atoms with Gasteiger partial charge >= 0.3 is 0 Å². The predicted octanol–water partition coefficient (Wildman–Crippen LogP) is 5.23. The van der Waals surface area contributed by atoms with Gasteiger partial charge in [-0.3, -0.25) is 4.79 Å². The van der Waals surface area contributed by atoms with Gasteiger partial charge in [-0.15, -0.1) is 0 Å². The molecule has 0 spiro atoms. The molecule has 0 fully saturated rings. The van der Waals surface area contributed by atoms with E-state index in [4.69, 9.17) is 21.1 Å². The maximum atomic E-state index is 12.9. The molecule has 0 aromatic heterocycles. The van der Waals surface area contributed by atoms with Crippen LogP contribution in [0, 0.1) is 9.39 Å². The van der Waals surface area contributed by atoms with Crippen molar-refractivity contribution in [3.8, 4) is 11.5 Å². The fraction of sp³-hybridized carbons (Fsp3) is 0.130. The average Bonchev–Trinajstić information content (AvgIpc) is 2.78. The third-order valence-electron chi connectivity index (χ3n) is 4.28. The minimum Gasteiger partial charge on any atom is -0.493 e. The second kappa shape index (κ2) is 11.7.